The zero-order valence-corrected chi connectivity index (χ0v) is 8.96. The Labute approximate surface area is 87.4 Å². The average Bonchev–Trinajstić information content (AvgIpc) is 2.08. The van der Waals surface area contributed by atoms with Crippen LogP contribution in [-0.4, -0.2) is 23.0 Å². The molecule has 0 radical (unpaired) electrons. The van der Waals surface area contributed by atoms with Crippen molar-refractivity contribution < 1.29 is 9.53 Å². The third kappa shape index (κ3) is 2.04. The quantitative estimate of drug-likeness (QED) is 0.583. The molecular weight excluding hydrogens is 294 g/mol. The Morgan fingerprint density at radius 3 is 3.00 bits per heavy atom. The van der Waals surface area contributed by atoms with Crippen molar-refractivity contribution >= 4 is 40.2 Å². The summed E-state index contributed by atoms with van der Waals surface area (Å²) in [5.74, 6) is -0.533. The summed E-state index contributed by atoms with van der Waals surface area (Å²) in [6, 6.07) is 0. The van der Waals surface area contributed by atoms with E-state index in [4.69, 9.17) is 11.6 Å². The predicted octanol–water partition coefficient (Wildman–Crippen LogP) is 1.52. The normalized spacial score (nSPS) is 9.58. The second-order valence-corrected chi connectivity index (χ2v) is 3.23. The van der Waals surface area contributed by atoms with Crippen LogP contribution < -0.4 is 0 Å². The number of aromatic nitrogens is 2. The molecule has 1 aromatic heterocycles. The second kappa shape index (κ2) is 3.99. The molecule has 0 aliphatic carbocycles. The smallest absolute Gasteiger partial charge is 0.359 e. The van der Waals surface area contributed by atoms with Gasteiger partial charge in [0.25, 0.3) is 0 Å². The maximum Gasteiger partial charge on any atom is 0.359 e. The van der Waals surface area contributed by atoms with Gasteiger partial charge in [0.2, 0.25) is 0 Å². The van der Waals surface area contributed by atoms with Gasteiger partial charge in [0.1, 0.15) is 8.85 Å². The third-order valence-electron chi connectivity index (χ3n) is 1.08. The molecule has 4 nitrogen and oxygen atoms in total. The van der Waals surface area contributed by atoms with E-state index in [0.29, 0.717) is 3.70 Å². The van der Waals surface area contributed by atoms with Crippen molar-refractivity contribution in [3.63, 3.8) is 0 Å². The molecule has 0 bridgehead atoms. The van der Waals surface area contributed by atoms with E-state index in [9.17, 15) is 4.79 Å². The van der Waals surface area contributed by atoms with E-state index in [-0.39, 0.29) is 10.8 Å². The molecule has 0 aliphatic heterocycles. The molecule has 0 aliphatic rings. The Balaban J connectivity index is 3.13. The summed E-state index contributed by atoms with van der Waals surface area (Å²) in [5.41, 5.74) is 0.144. The van der Waals surface area contributed by atoms with Crippen LogP contribution in [-0.2, 0) is 4.74 Å². The predicted molar refractivity (Wildman–Crippen MR) is 51.1 cm³/mol. The number of esters is 1. The summed E-state index contributed by atoms with van der Waals surface area (Å²) in [6.07, 6.45) is 1.37. The molecule has 1 heterocycles. The van der Waals surface area contributed by atoms with Crippen LogP contribution in [0.2, 0.25) is 5.15 Å². The number of nitrogens with zero attached hydrogens (tertiary/aromatic N) is 2. The Kier molecular flexibility index (Phi) is 3.21. The average molecular weight is 298 g/mol. The van der Waals surface area contributed by atoms with Crippen LogP contribution in [0.5, 0.6) is 0 Å². The van der Waals surface area contributed by atoms with E-state index in [1.54, 1.807) is 0 Å². The van der Waals surface area contributed by atoms with Gasteiger partial charge in [-0.25, -0.2) is 14.8 Å². The van der Waals surface area contributed by atoms with Crippen LogP contribution in [0.3, 0.4) is 0 Å². The van der Waals surface area contributed by atoms with Crippen molar-refractivity contribution in [2.45, 2.75) is 0 Å². The lowest BCUT2D eigenvalue weighted by molar-refractivity contribution is 0.0592. The first-order valence-corrected chi connectivity index (χ1v) is 4.37. The van der Waals surface area contributed by atoms with Gasteiger partial charge in [0.15, 0.2) is 5.69 Å². The summed E-state index contributed by atoms with van der Waals surface area (Å²) in [6.45, 7) is 0. The Hall–Kier alpha value is -0.430. The van der Waals surface area contributed by atoms with E-state index in [2.05, 4.69) is 14.7 Å². The highest BCUT2D eigenvalue weighted by Crippen LogP contribution is 2.11. The first-order valence-electron chi connectivity index (χ1n) is 2.91. The van der Waals surface area contributed by atoms with Crippen molar-refractivity contribution in [3.05, 3.63) is 20.7 Å². The number of ether oxygens (including phenoxy) is 1. The van der Waals surface area contributed by atoms with Gasteiger partial charge < -0.3 is 4.74 Å². The molecule has 0 fully saturated rings. The van der Waals surface area contributed by atoms with Crippen molar-refractivity contribution in [2.75, 3.05) is 7.11 Å². The van der Waals surface area contributed by atoms with Gasteiger partial charge in [-0.15, -0.1) is 0 Å². The van der Waals surface area contributed by atoms with E-state index in [1.165, 1.54) is 13.3 Å². The molecule has 12 heavy (non-hydrogen) atoms. The van der Waals surface area contributed by atoms with Gasteiger partial charge in [0.05, 0.1) is 13.3 Å². The van der Waals surface area contributed by atoms with Crippen LogP contribution >= 0.6 is 34.2 Å². The molecule has 0 N–H and O–H groups in total. The van der Waals surface area contributed by atoms with Crippen LogP contribution in [0.25, 0.3) is 0 Å². The highest BCUT2D eigenvalue weighted by atomic mass is 127. The lowest BCUT2D eigenvalue weighted by Crippen LogP contribution is -2.08. The molecule has 0 saturated heterocycles. The van der Waals surface area contributed by atoms with Gasteiger partial charge in [-0.3, -0.25) is 0 Å². The lowest BCUT2D eigenvalue weighted by atomic mass is 10.5. The summed E-state index contributed by atoms with van der Waals surface area (Å²) in [5, 5.41) is 0.177. The van der Waals surface area contributed by atoms with Crippen LogP contribution in [0.15, 0.2) is 6.20 Å². The van der Waals surface area contributed by atoms with Gasteiger partial charge in [0, 0.05) is 0 Å². The first-order chi connectivity index (χ1) is 5.65. The maximum absolute atomic E-state index is 11.0. The van der Waals surface area contributed by atoms with Crippen molar-refractivity contribution in [2.24, 2.45) is 0 Å². The zero-order valence-electron chi connectivity index (χ0n) is 6.04. The highest BCUT2D eigenvalue weighted by Gasteiger charge is 2.13. The number of hydrogen-bond donors (Lipinski definition) is 0. The first kappa shape index (κ1) is 9.66. The topological polar surface area (TPSA) is 52.1 Å². The summed E-state index contributed by atoms with van der Waals surface area (Å²) < 4.78 is 4.94. The summed E-state index contributed by atoms with van der Waals surface area (Å²) >= 11 is 7.42. The monoisotopic (exact) mass is 298 g/mol. The minimum absolute atomic E-state index is 0.144. The maximum atomic E-state index is 11.0. The molecule has 0 amide bonds. The Bertz CT molecular complexity index is 318. The minimum Gasteiger partial charge on any atom is -0.464 e. The van der Waals surface area contributed by atoms with Gasteiger partial charge in [-0.05, 0) is 22.6 Å². The van der Waals surface area contributed by atoms with Gasteiger partial charge in [-0.1, -0.05) is 11.6 Å². The molecule has 6 heteroatoms. The van der Waals surface area contributed by atoms with E-state index >= 15 is 0 Å². The van der Waals surface area contributed by atoms with Crippen molar-refractivity contribution in [3.8, 4) is 0 Å². The highest BCUT2D eigenvalue weighted by molar-refractivity contribution is 14.1. The molecule has 0 spiro atoms. The SMILES string of the molecule is COC(=O)c1nc(Cl)cnc1I. The Morgan fingerprint density at radius 2 is 2.42 bits per heavy atom. The summed E-state index contributed by atoms with van der Waals surface area (Å²) in [7, 11) is 1.28. The summed E-state index contributed by atoms with van der Waals surface area (Å²) in [4.78, 5) is 18.6. The molecule has 0 saturated carbocycles. The molecular formula is C6H4ClIN2O2. The number of rotatable bonds is 1. The lowest BCUT2D eigenvalue weighted by Gasteiger charge is -1.99. The fourth-order valence-electron chi connectivity index (χ4n) is 0.579. The standard InChI is InChI=1S/C6H4ClIN2O2/c1-12-6(11)4-5(8)9-2-3(7)10-4/h2H,1H3. The molecule has 1 rings (SSSR count). The van der Waals surface area contributed by atoms with Gasteiger partial charge in [-0.2, -0.15) is 0 Å². The fourth-order valence-corrected chi connectivity index (χ4v) is 1.19. The number of carbonyl (C=O) groups is 1. The number of hydrogen-bond acceptors (Lipinski definition) is 4. The van der Waals surface area contributed by atoms with E-state index in [0.717, 1.165) is 0 Å². The number of halogens is 2. The Morgan fingerprint density at radius 1 is 1.75 bits per heavy atom. The zero-order chi connectivity index (χ0) is 9.14. The number of methoxy groups -OCH3 is 1. The number of carbonyl (C=O) groups excluding carboxylic acids is 1. The van der Waals surface area contributed by atoms with Crippen LogP contribution in [0, 0.1) is 3.70 Å². The molecule has 1 aromatic rings. The second-order valence-electron chi connectivity index (χ2n) is 1.82. The van der Waals surface area contributed by atoms with Crippen molar-refractivity contribution in [1.82, 2.24) is 9.97 Å². The third-order valence-corrected chi connectivity index (χ3v) is 2.05. The van der Waals surface area contributed by atoms with Crippen LogP contribution in [0.1, 0.15) is 10.5 Å². The molecule has 0 aromatic carbocycles. The largest absolute Gasteiger partial charge is 0.464 e. The molecule has 0 atom stereocenters. The minimum atomic E-state index is -0.533. The molecule has 0 unspecified atom stereocenters. The van der Waals surface area contributed by atoms with Gasteiger partial charge >= 0.3 is 5.97 Å². The van der Waals surface area contributed by atoms with E-state index in [1.807, 2.05) is 22.6 Å². The molecule has 64 valence electrons. The fraction of sp³-hybridized carbons (Fsp3) is 0.167. The van der Waals surface area contributed by atoms with Crippen molar-refractivity contribution in [1.29, 1.82) is 0 Å². The van der Waals surface area contributed by atoms with Crippen LogP contribution in [0.4, 0.5) is 0 Å². The van der Waals surface area contributed by atoms with E-state index < -0.39 is 5.97 Å².